The predicted molar refractivity (Wildman–Crippen MR) is 161 cm³/mol. The Bertz CT molecular complexity index is 1420. The molecule has 3 unspecified atom stereocenters. The molecule has 13 heteroatoms. The highest BCUT2D eigenvalue weighted by atomic mass is 35.5. The lowest BCUT2D eigenvalue weighted by Gasteiger charge is -2.35. The standard InChI is InChI=1S/C20H25ClN2O5.C10H16O4S/c1-4-28-20(25)18-15(11-27-10-9-22)23-12(2)16(19(24)26-3)17(18)13-7-5-6-8-14(13)21;1-9(2)7-3-4-10(9,8(11)5-7)6-15(12,13)14/h5-8,17,23H,4,9-11,22H2,1-3H3;7H,3-6H2,1-2H3,(H,12,13,14). The van der Waals surface area contributed by atoms with Crippen molar-refractivity contribution in [3.8, 4) is 0 Å². The Morgan fingerprint density at radius 3 is 2.37 bits per heavy atom. The highest BCUT2D eigenvalue weighted by molar-refractivity contribution is 7.85. The minimum absolute atomic E-state index is 0.0152. The van der Waals surface area contributed by atoms with E-state index in [1.165, 1.54) is 7.11 Å². The Morgan fingerprint density at radius 2 is 1.86 bits per heavy atom. The van der Waals surface area contributed by atoms with Crippen molar-refractivity contribution in [1.82, 2.24) is 5.32 Å². The number of ketones is 1. The summed E-state index contributed by atoms with van der Waals surface area (Å²) in [4.78, 5) is 37.3. The van der Waals surface area contributed by atoms with Crippen LogP contribution in [-0.4, -0.2) is 69.9 Å². The largest absolute Gasteiger partial charge is 0.466 e. The maximum Gasteiger partial charge on any atom is 0.336 e. The average molecular weight is 641 g/mol. The molecule has 4 rings (SSSR count). The number of halogens is 1. The van der Waals surface area contributed by atoms with Crippen molar-refractivity contribution in [2.24, 2.45) is 22.5 Å². The molecular formula is C30H41ClN2O9S. The molecule has 3 aliphatic rings. The molecule has 11 nitrogen and oxygen atoms in total. The van der Waals surface area contributed by atoms with E-state index >= 15 is 0 Å². The number of nitrogens with two attached hydrogens (primary N) is 1. The number of rotatable bonds is 10. The Balaban J connectivity index is 0.000000282. The normalized spacial score (nSPS) is 24.3. The fourth-order valence-electron chi connectivity index (χ4n) is 6.54. The van der Waals surface area contributed by atoms with Gasteiger partial charge in [0, 0.05) is 23.7 Å². The molecule has 0 amide bonds. The van der Waals surface area contributed by atoms with E-state index in [-0.39, 0.29) is 35.9 Å². The van der Waals surface area contributed by atoms with Crippen molar-refractivity contribution < 1.29 is 41.6 Å². The molecule has 1 aliphatic heterocycles. The molecule has 2 aliphatic carbocycles. The Kier molecular flexibility index (Phi) is 11.2. The third-order valence-electron chi connectivity index (χ3n) is 8.84. The fraction of sp³-hybridized carbons (Fsp3) is 0.567. The number of fused-ring (bicyclic) bond motifs is 2. The van der Waals surface area contributed by atoms with E-state index in [1.807, 2.05) is 13.8 Å². The van der Waals surface area contributed by atoms with Gasteiger partial charge >= 0.3 is 11.9 Å². The van der Waals surface area contributed by atoms with E-state index < -0.39 is 39.1 Å². The zero-order chi connectivity index (χ0) is 32.2. The molecule has 2 bridgehead atoms. The summed E-state index contributed by atoms with van der Waals surface area (Å²) < 4.78 is 46.8. The quantitative estimate of drug-likeness (QED) is 0.194. The van der Waals surface area contributed by atoms with Gasteiger partial charge in [-0.05, 0) is 49.7 Å². The van der Waals surface area contributed by atoms with Crippen LogP contribution in [0.15, 0.2) is 46.8 Å². The fourth-order valence-corrected chi connectivity index (χ4v) is 8.08. The number of hydrogen-bond acceptors (Lipinski definition) is 10. The molecule has 1 aromatic rings. The molecule has 0 saturated heterocycles. The average Bonchev–Trinajstić information content (AvgIpc) is 3.26. The van der Waals surface area contributed by atoms with E-state index in [1.54, 1.807) is 38.1 Å². The summed E-state index contributed by atoms with van der Waals surface area (Å²) in [7, 11) is -2.78. The maximum absolute atomic E-state index is 12.9. The van der Waals surface area contributed by atoms with Crippen LogP contribution in [0.5, 0.6) is 0 Å². The second-order valence-corrected chi connectivity index (χ2v) is 13.3. The number of methoxy groups -OCH3 is 1. The molecule has 2 fully saturated rings. The van der Waals surface area contributed by atoms with Crippen LogP contribution in [0.3, 0.4) is 0 Å². The third kappa shape index (κ3) is 7.15. The Morgan fingerprint density at radius 1 is 1.19 bits per heavy atom. The third-order valence-corrected chi connectivity index (χ3v) is 10.0. The van der Waals surface area contributed by atoms with Crippen molar-refractivity contribution in [3.63, 3.8) is 0 Å². The summed E-state index contributed by atoms with van der Waals surface area (Å²) >= 11 is 6.42. The van der Waals surface area contributed by atoms with Gasteiger partial charge < -0.3 is 25.3 Å². The molecule has 0 radical (unpaired) electrons. The molecule has 0 aromatic heterocycles. The number of hydrogen-bond donors (Lipinski definition) is 3. The first kappa shape index (κ1) is 34.7. The highest BCUT2D eigenvalue weighted by Crippen LogP contribution is 2.64. The van der Waals surface area contributed by atoms with Gasteiger partial charge in [-0.15, -0.1) is 0 Å². The number of dihydropyridines is 1. The van der Waals surface area contributed by atoms with Crippen LogP contribution in [0.4, 0.5) is 0 Å². The number of benzene rings is 1. The first-order valence-electron chi connectivity index (χ1n) is 14.1. The van der Waals surface area contributed by atoms with E-state index in [0.717, 1.165) is 6.42 Å². The maximum atomic E-state index is 12.9. The van der Waals surface area contributed by atoms with Gasteiger partial charge in [0.2, 0.25) is 0 Å². The summed E-state index contributed by atoms with van der Waals surface area (Å²) in [5.74, 6) is -1.97. The lowest BCUT2D eigenvalue weighted by molar-refractivity contribution is -0.139. The van der Waals surface area contributed by atoms with Gasteiger partial charge in [-0.1, -0.05) is 43.6 Å². The lowest BCUT2D eigenvalue weighted by Crippen LogP contribution is -2.42. The first-order chi connectivity index (χ1) is 20.1. The molecule has 4 N–H and O–H groups in total. The molecule has 238 valence electrons. The molecule has 43 heavy (non-hydrogen) atoms. The minimum Gasteiger partial charge on any atom is -0.466 e. The van der Waals surface area contributed by atoms with E-state index in [9.17, 15) is 22.8 Å². The molecule has 1 heterocycles. The molecule has 3 atom stereocenters. The van der Waals surface area contributed by atoms with Gasteiger partial charge in [-0.25, -0.2) is 9.59 Å². The summed E-state index contributed by atoms with van der Waals surface area (Å²) in [6.45, 7) is 8.31. The summed E-state index contributed by atoms with van der Waals surface area (Å²) in [5.41, 5.74) is 6.58. The second-order valence-electron chi connectivity index (χ2n) is 11.5. The van der Waals surface area contributed by atoms with Crippen molar-refractivity contribution in [1.29, 1.82) is 0 Å². The van der Waals surface area contributed by atoms with Crippen LogP contribution < -0.4 is 11.1 Å². The van der Waals surface area contributed by atoms with Crippen LogP contribution in [0.1, 0.15) is 58.4 Å². The van der Waals surface area contributed by atoms with Crippen LogP contribution in [0, 0.1) is 16.7 Å². The Hall–Kier alpha value is -2.77. The van der Waals surface area contributed by atoms with Gasteiger partial charge in [0.15, 0.2) is 0 Å². The van der Waals surface area contributed by atoms with Gasteiger partial charge in [-0.3, -0.25) is 9.35 Å². The SMILES string of the molecule is CC1(C)C2CCC1(CS(=O)(=O)O)C(=O)C2.CCOC(=O)C1=C(COCCN)NC(C)=C(C(=O)OC)C1c1ccccc1Cl. The van der Waals surface area contributed by atoms with Gasteiger partial charge in [0.25, 0.3) is 10.1 Å². The van der Waals surface area contributed by atoms with Crippen molar-refractivity contribution in [2.75, 3.05) is 39.2 Å². The number of esters is 2. The number of carbonyl (C=O) groups is 3. The van der Waals surface area contributed by atoms with Gasteiger partial charge in [-0.2, -0.15) is 8.42 Å². The van der Waals surface area contributed by atoms with E-state index in [0.29, 0.717) is 53.5 Å². The number of ether oxygens (including phenoxy) is 3. The van der Waals surface area contributed by atoms with Gasteiger partial charge in [0.1, 0.15) is 5.78 Å². The smallest absolute Gasteiger partial charge is 0.336 e. The zero-order valence-electron chi connectivity index (χ0n) is 25.2. The number of Topliss-reactive ketones (excluding diaryl/α,β-unsaturated/α-hetero) is 1. The van der Waals surface area contributed by atoms with Crippen LogP contribution in [0.25, 0.3) is 0 Å². The van der Waals surface area contributed by atoms with Crippen molar-refractivity contribution in [3.05, 3.63) is 57.4 Å². The highest BCUT2D eigenvalue weighted by Gasteiger charge is 2.65. The van der Waals surface area contributed by atoms with Crippen molar-refractivity contribution in [2.45, 2.75) is 52.9 Å². The molecule has 1 aromatic carbocycles. The second kappa shape index (κ2) is 13.9. The molecule has 2 saturated carbocycles. The number of allylic oxidation sites excluding steroid dienone is 1. The predicted octanol–water partition coefficient (Wildman–Crippen LogP) is 3.54. The summed E-state index contributed by atoms with van der Waals surface area (Å²) in [6, 6.07) is 7.05. The van der Waals surface area contributed by atoms with E-state index in [4.69, 9.17) is 36.1 Å². The zero-order valence-corrected chi connectivity index (χ0v) is 26.8. The topological polar surface area (TPSA) is 171 Å². The summed E-state index contributed by atoms with van der Waals surface area (Å²) in [5, 5.41) is 3.52. The molecule has 0 spiro atoms. The van der Waals surface area contributed by atoms with Crippen LogP contribution in [-0.2, 0) is 38.7 Å². The summed E-state index contributed by atoms with van der Waals surface area (Å²) in [6.07, 6.45) is 1.97. The number of carbonyl (C=O) groups excluding carboxylic acids is 3. The first-order valence-corrected chi connectivity index (χ1v) is 16.1. The Labute approximate surface area is 257 Å². The van der Waals surface area contributed by atoms with E-state index in [2.05, 4.69) is 5.32 Å². The lowest BCUT2D eigenvalue weighted by atomic mass is 9.70. The van der Waals surface area contributed by atoms with Crippen LogP contribution >= 0.6 is 11.6 Å². The number of nitrogens with one attached hydrogen (secondary N) is 1. The van der Waals surface area contributed by atoms with Gasteiger partial charge in [0.05, 0.1) is 60.9 Å². The van der Waals surface area contributed by atoms with Crippen molar-refractivity contribution >= 4 is 39.4 Å². The monoisotopic (exact) mass is 640 g/mol. The molecular weight excluding hydrogens is 600 g/mol. The minimum atomic E-state index is -4.08. The van der Waals surface area contributed by atoms with Crippen LogP contribution in [0.2, 0.25) is 5.02 Å².